The van der Waals surface area contributed by atoms with Crippen LogP contribution in [0.1, 0.15) is 79.1 Å². The molecule has 0 aromatic carbocycles. The molecule has 0 heterocycles. The van der Waals surface area contributed by atoms with Gasteiger partial charge in [0.05, 0.1) is 5.60 Å². The molecule has 0 fully saturated rings. The van der Waals surface area contributed by atoms with Crippen molar-refractivity contribution in [1.29, 1.82) is 0 Å². The molecule has 1 unspecified atom stereocenters. The second-order valence-corrected chi connectivity index (χ2v) is 9.16. The lowest BCUT2D eigenvalue weighted by molar-refractivity contribution is 0.0448. The third kappa shape index (κ3) is 7.63. The van der Waals surface area contributed by atoms with Gasteiger partial charge in [0.15, 0.2) is 9.76 Å². The molecule has 0 radical (unpaired) electrons. The maximum absolute atomic E-state index is 6.43. The van der Waals surface area contributed by atoms with Crippen molar-refractivity contribution < 1.29 is 4.43 Å². The number of unbranched alkanes of at least 4 members (excludes halogenated alkanes) is 2. The summed E-state index contributed by atoms with van der Waals surface area (Å²) in [4.78, 5) is 0. The summed E-state index contributed by atoms with van der Waals surface area (Å²) in [5.74, 6) is 0. The van der Waals surface area contributed by atoms with Crippen LogP contribution >= 0.6 is 15.9 Å². The predicted molar refractivity (Wildman–Crippen MR) is 84.7 cm³/mol. The number of rotatable bonds is 11. The fraction of sp³-hybridized carbons (Fsp3) is 1.00. The van der Waals surface area contributed by atoms with Crippen LogP contribution in [0, 0.1) is 0 Å². The molecule has 17 heavy (non-hydrogen) atoms. The van der Waals surface area contributed by atoms with Gasteiger partial charge in [-0.3, -0.25) is 0 Å². The quantitative estimate of drug-likeness (QED) is 0.394. The summed E-state index contributed by atoms with van der Waals surface area (Å²) in [6.45, 7) is 9.09. The molecule has 0 N–H and O–H groups in total. The summed E-state index contributed by atoms with van der Waals surface area (Å²) in [6, 6.07) is 0. The van der Waals surface area contributed by atoms with Gasteiger partial charge in [-0.15, -0.1) is 0 Å². The minimum Gasteiger partial charge on any atom is -0.417 e. The van der Waals surface area contributed by atoms with E-state index in [0.29, 0.717) is 4.45 Å². The van der Waals surface area contributed by atoms with Crippen LogP contribution < -0.4 is 0 Å². The Morgan fingerprint density at radius 3 is 1.94 bits per heavy atom. The fourth-order valence-corrected chi connectivity index (χ4v) is 3.77. The monoisotopic (exact) mass is 322 g/mol. The van der Waals surface area contributed by atoms with E-state index in [1.165, 1.54) is 51.4 Å². The van der Waals surface area contributed by atoms with Crippen molar-refractivity contribution in [3.05, 3.63) is 0 Å². The molecule has 0 aromatic rings. The average Bonchev–Trinajstić information content (AvgIpc) is 2.38. The van der Waals surface area contributed by atoms with Crippen molar-refractivity contribution in [2.45, 2.75) is 89.1 Å². The van der Waals surface area contributed by atoms with Crippen LogP contribution in [0.4, 0.5) is 0 Å². The molecule has 0 amide bonds. The largest absolute Gasteiger partial charge is 0.417 e. The van der Waals surface area contributed by atoms with Gasteiger partial charge in [-0.2, -0.15) is 0 Å². The third-order valence-electron chi connectivity index (χ3n) is 3.63. The van der Waals surface area contributed by atoms with Crippen molar-refractivity contribution in [2.24, 2.45) is 0 Å². The Labute approximate surface area is 119 Å². The molecule has 3 heteroatoms. The lowest BCUT2D eigenvalue weighted by atomic mass is 9.88. The normalized spacial score (nSPS) is 14.6. The topological polar surface area (TPSA) is 9.23 Å². The molecule has 0 aromatic heterocycles. The van der Waals surface area contributed by atoms with Crippen LogP contribution in [-0.4, -0.2) is 19.8 Å². The highest BCUT2D eigenvalue weighted by Gasteiger charge is 2.27. The van der Waals surface area contributed by atoms with Crippen LogP contribution in [0.3, 0.4) is 0 Å². The van der Waals surface area contributed by atoms with Crippen LogP contribution in [0.15, 0.2) is 0 Å². The summed E-state index contributed by atoms with van der Waals surface area (Å²) in [6.07, 6.45) is 10.1. The van der Waals surface area contributed by atoms with Crippen molar-refractivity contribution in [3.63, 3.8) is 0 Å². The molecular formula is C14H31BrOSi. The third-order valence-corrected chi connectivity index (χ3v) is 6.79. The first-order valence-electron chi connectivity index (χ1n) is 7.42. The second-order valence-electron chi connectivity index (χ2n) is 5.06. The Morgan fingerprint density at radius 2 is 1.59 bits per heavy atom. The minimum atomic E-state index is -0.419. The zero-order valence-corrected chi connectivity index (χ0v) is 15.2. The van der Waals surface area contributed by atoms with E-state index in [9.17, 15) is 0 Å². The Morgan fingerprint density at radius 1 is 1.06 bits per heavy atom. The minimum absolute atomic E-state index is 0.208. The molecule has 1 atom stereocenters. The lowest BCUT2D eigenvalue weighted by Crippen LogP contribution is -2.35. The number of alkyl halides is 1. The van der Waals surface area contributed by atoms with Gasteiger partial charge in [0, 0.05) is 4.45 Å². The summed E-state index contributed by atoms with van der Waals surface area (Å²) in [5.41, 5.74) is 0.208. The molecule has 0 rings (SSSR count). The highest BCUT2D eigenvalue weighted by atomic mass is 79.9. The van der Waals surface area contributed by atoms with Gasteiger partial charge in [-0.25, -0.2) is 0 Å². The van der Waals surface area contributed by atoms with E-state index in [1.54, 1.807) is 0 Å². The average molecular weight is 323 g/mol. The Bertz CT molecular complexity index is 168. The molecule has 0 aliphatic heterocycles. The van der Waals surface area contributed by atoms with E-state index in [-0.39, 0.29) is 5.60 Å². The van der Waals surface area contributed by atoms with Crippen LogP contribution in [0.25, 0.3) is 0 Å². The van der Waals surface area contributed by atoms with Gasteiger partial charge < -0.3 is 4.43 Å². The molecule has 104 valence electrons. The van der Waals surface area contributed by atoms with E-state index >= 15 is 0 Å². The predicted octanol–water partition coefficient (Wildman–Crippen LogP) is 4.75. The van der Waals surface area contributed by atoms with Gasteiger partial charge in [0.1, 0.15) is 0 Å². The first-order chi connectivity index (χ1) is 8.14. The Kier molecular flexibility index (Phi) is 11.0. The standard InChI is InChI=1S/C14H31BrOSi/c1-5-9-11-14(8-4,12-10-6-2)16-17-13(15)7-3/h13H,5-12,17H2,1-4H3. The van der Waals surface area contributed by atoms with E-state index in [1.807, 2.05) is 0 Å². The molecule has 0 bridgehead atoms. The van der Waals surface area contributed by atoms with E-state index < -0.39 is 9.76 Å². The smallest absolute Gasteiger partial charge is 0.175 e. The number of hydrogen-bond donors (Lipinski definition) is 0. The van der Waals surface area contributed by atoms with Crippen LogP contribution in [-0.2, 0) is 4.43 Å². The summed E-state index contributed by atoms with van der Waals surface area (Å²) in [7, 11) is -0.419. The highest BCUT2D eigenvalue weighted by molar-refractivity contribution is 9.10. The van der Waals surface area contributed by atoms with Crippen molar-refractivity contribution in [1.82, 2.24) is 0 Å². The molecular weight excluding hydrogens is 292 g/mol. The fourth-order valence-electron chi connectivity index (χ4n) is 2.11. The maximum Gasteiger partial charge on any atom is 0.175 e. The zero-order chi connectivity index (χ0) is 13.1. The van der Waals surface area contributed by atoms with Crippen molar-refractivity contribution in [2.75, 3.05) is 0 Å². The Balaban J connectivity index is 4.31. The van der Waals surface area contributed by atoms with Gasteiger partial charge in [-0.1, -0.05) is 69.3 Å². The van der Waals surface area contributed by atoms with Crippen molar-refractivity contribution in [3.8, 4) is 0 Å². The summed E-state index contributed by atoms with van der Waals surface area (Å²) in [5, 5.41) is 0. The molecule has 0 aliphatic rings. The number of hydrogen-bond acceptors (Lipinski definition) is 1. The van der Waals surface area contributed by atoms with Gasteiger partial charge in [0.25, 0.3) is 0 Å². The Hall–Kier alpha value is 0.657. The molecule has 0 saturated heterocycles. The summed E-state index contributed by atoms with van der Waals surface area (Å²) < 4.78 is 7.08. The van der Waals surface area contributed by atoms with Crippen LogP contribution in [0.2, 0.25) is 0 Å². The molecule has 0 saturated carbocycles. The van der Waals surface area contributed by atoms with Crippen molar-refractivity contribution >= 4 is 25.7 Å². The van der Waals surface area contributed by atoms with Gasteiger partial charge >= 0.3 is 0 Å². The highest BCUT2D eigenvalue weighted by Crippen LogP contribution is 2.29. The van der Waals surface area contributed by atoms with Crippen LogP contribution in [0.5, 0.6) is 0 Å². The molecule has 1 nitrogen and oxygen atoms in total. The maximum atomic E-state index is 6.43. The zero-order valence-electron chi connectivity index (χ0n) is 12.2. The molecule has 0 spiro atoms. The van der Waals surface area contributed by atoms with E-state index in [4.69, 9.17) is 4.43 Å². The SMILES string of the molecule is CCCCC(CC)(CCCC)O[SiH2]C(Br)CC. The van der Waals surface area contributed by atoms with Gasteiger partial charge in [-0.05, 0) is 25.7 Å². The van der Waals surface area contributed by atoms with E-state index in [0.717, 1.165) is 0 Å². The lowest BCUT2D eigenvalue weighted by Gasteiger charge is -2.34. The second kappa shape index (κ2) is 10.6. The molecule has 0 aliphatic carbocycles. The van der Waals surface area contributed by atoms with E-state index in [2.05, 4.69) is 43.6 Å². The number of halogens is 1. The first-order valence-corrected chi connectivity index (χ1v) is 9.73. The summed E-state index contributed by atoms with van der Waals surface area (Å²) >= 11 is 3.73. The van der Waals surface area contributed by atoms with Gasteiger partial charge in [0.2, 0.25) is 0 Å². The first kappa shape index (κ1) is 17.7.